The Balaban J connectivity index is 1.52. The third-order valence-electron chi connectivity index (χ3n) is 4.79. The van der Waals surface area contributed by atoms with Crippen LogP contribution in [0, 0.1) is 5.92 Å². The standard InChI is InChI=1S/C19H24N4O3/c1-26-17-11-13(18(24)22-12-14-5-2-3-9-20-14)7-8-15(17)23-19(25)16-6-4-10-21-16/h2-6,9-10,13,15,17,21H,7-8,11-12H2,1H3,(H,22,24)(H,23,25)/t13-,15-,17-/m0/s1. The molecule has 26 heavy (non-hydrogen) atoms. The predicted molar refractivity (Wildman–Crippen MR) is 96.3 cm³/mol. The molecule has 2 aromatic heterocycles. The van der Waals surface area contributed by atoms with E-state index in [0.29, 0.717) is 31.5 Å². The van der Waals surface area contributed by atoms with Crippen LogP contribution in [0.2, 0.25) is 0 Å². The minimum absolute atomic E-state index is 0.00634. The molecule has 2 heterocycles. The van der Waals surface area contributed by atoms with Gasteiger partial charge in [-0.25, -0.2) is 0 Å². The smallest absolute Gasteiger partial charge is 0.267 e. The normalized spacial score (nSPS) is 22.6. The molecule has 0 radical (unpaired) electrons. The number of rotatable bonds is 6. The van der Waals surface area contributed by atoms with Crippen molar-refractivity contribution in [1.82, 2.24) is 20.6 Å². The zero-order valence-electron chi connectivity index (χ0n) is 14.8. The van der Waals surface area contributed by atoms with Crippen molar-refractivity contribution in [2.24, 2.45) is 5.92 Å². The van der Waals surface area contributed by atoms with Crippen LogP contribution in [0.4, 0.5) is 0 Å². The van der Waals surface area contributed by atoms with Gasteiger partial charge in [-0.15, -0.1) is 0 Å². The van der Waals surface area contributed by atoms with Gasteiger partial charge in [0.2, 0.25) is 5.91 Å². The third kappa shape index (κ3) is 4.49. The summed E-state index contributed by atoms with van der Waals surface area (Å²) in [6.07, 6.45) is 5.23. The van der Waals surface area contributed by atoms with E-state index in [1.807, 2.05) is 18.2 Å². The monoisotopic (exact) mass is 356 g/mol. The topological polar surface area (TPSA) is 96.1 Å². The molecule has 7 heteroatoms. The van der Waals surface area contributed by atoms with Gasteiger partial charge in [-0.1, -0.05) is 6.07 Å². The first-order valence-electron chi connectivity index (χ1n) is 8.82. The molecular formula is C19H24N4O3. The van der Waals surface area contributed by atoms with Crippen molar-refractivity contribution in [3.05, 3.63) is 54.1 Å². The van der Waals surface area contributed by atoms with Crippen molar-refractivity contribution in [3.63, 3.8) is 0 Å². The van der Waals surface area contributed by atoms with E-state index in [0.717, 1.165) is 5.69 Å². The van der Waals surface area contributed by atoms with Crippen LogP contribution in [0.1, 0.15) is 35.4 Å². The first-order valence-corrected chi connectivity index (χ1v) is 8.82. The number of methoxy groups -OCH3 is 1. The molecule has 0 aromatic carbocycles. The molecule has 3 atom stereocenters. The van der Waals surface area contributed by atoms with Gasteiger partial charge in [0.05, 0.1) is 24.4 Å². The first kappa shape index (κ1) is 18.1. The summed E-state index contributed by atoms with van der Waals surface area (Å²) in [6.45, 7) is 0.417. The zero-order chi connectivity index (χ0) is 18.4. The van der Waals surface area contributed by atoms with Crippen molar-refractivity contribution < 1.29 is 14.3 Å². The molecule has 0 aliphatic heterocycles. The molecule has 1 aliphatic rings. The minimum Gasteiger partial charge on any atom is -0.379 e. The molecule has 0 bridgehead atoms. The van der Waals surface area contributed by atoms with Gasteiger partial charge in [0.15, 0.2) is 0 Å². The number of carbonyl (C=O) groups is 2. The van der Waals surface area contributed by atoms with E-state index < -0.39 is 0 Å². The van der Waals surface area contributed by atoms with Crippen LogP contribution in [0.15, 0.2) is 42.7 Å². The van der Waals surface area contributed by atoms with Crippen molar-refractivity contribution in [2.45, 2.75) is 38.0 Å². The van der Waals surface area contributed by atoms with E-state index in [4.69, 9.17) is 4.74 Å². The van der Waals surface area contributed by atoms with Crippen molar-refractivity contribution >= 4 is 11.8 Å². The van der Waals surface area contributed by atoms with E-state index >= 15 is 0 Å². The molecular weight excluding hydrogens is 332 g/mol. The van der Waals surface area contributed by atoms with Crippen LogP contribution in [0.3, 0.4) is 0 Å². The van der Waals surface area contributed by atoms with Gasteiger partial charge in [0.25, 0.3) is 5.91 Å². The number of aromatic nitrogens is 2. The Hall–Kier alpha value is -2.67. The number of nitrogens with one attached hydrogen (secondary N) is 3. The Kier molecular flexibility index (Phi) is 6.01. The molecule has 1 saturated carbocycles. The fourth-order valence-corrected chi connectivity index (χ4v) is 3.34. The Bertz CT molecular complexity index is 718. The van der Waals surface area contributed by atoms with Gasteiger partial charge in [-0.3, -0.25) is 14.6 Å². The number of hydrogen-bond donors (Lipinski definition) is 3. The number of carbonyl (C=O) groups excluding carboxylic acids is 2. The summed E-state index contributed by atoms with van der Waals surface area (Å²) in [5, 5.41) is 5.94. The SMILES string of the molecule is CO[C@H]1C[C@@H](C(=O)NCc2ccccn2)CC[C@@H]1NC(=O)c1ccc[nH]1. The lowest BCUT2D eigenvalue weighted by atomic mass is 9.83. The van der Waals surface area contributed by atoms with Crippen molar-refractivity contribution in [3.8, 4) is 0 Å². The molecule has 0 saturated heterocycles. The fraction of sp³-hybridized carbons (Fsp3) is 0.421. The molecule has 7 nitrogen and oxygen atoms in total. The summed E-state index contributed by atoms with van der Waals surface area (Å²) in [5.41, 5.74) is 1.35. The number of hydrogen-bond acceptors (Lipinski definition) is 4. The molecule has 138 valence electrons. The van der Waals surface area contributed by atoms with Gasteiger partial charge in [-0.2, -0.15) is 0 Å². The van der Waals surface area contributed by atoms with Crippen molar-refractivity contribution in [2.75, 3.05) is 7.11 Å². The maximum Gasteiger partial charge on any atom is 0.267 e. The highest BCUT2D eigenvalue weighted by Gasteiger charge is 2.35. The van der Waals surface area contributed by atoms with Crippen LogP contribution >= 0.6 is 0 Å². The summed E-state index contributed by atoms with van der Waals surface area (Å²) < 4.78 is 5.55. The van der Waals surface area contributed by atoms with Crippen molar-refractivity contribution in [1.29, 1.82) is 0 Å². The average Bonchev–Trinajstić information content (AvgIpc) is 3.22. The quantitative estimate of drug-likeness (QED) is 0.733. The fourth-order valence-electron chi connectivity index (χ4n) is 3.34. The van der Waals surface area contributed by atoms with Crippen LogP contribution in [-0.4, -0.2) is 41.0 Å². The lowest BCUT2D eigenvalue weighted by molar-refractivity contribution is -0.128. The summed E-state index contributed by atoms with van der Waals surface area (Å²) in [5.74, 6) is -0.269. The molecule has 2 aromatic rings. The lowest BCUT2D eigenvalue weighted by Crippen LogP contribution is -2.49. The van der Waals surface area contributed by atoms with Crippen LogP contribution in [0.5, 0.6) is 0 Å². The van der Waals surface area contributed by atoms with E-state index in [1.54, 1.807) is 31.6 Å². The number of amides is 2. The number of aromatic amines is 1. The predicted octanol–water partition coefficient (Wildman–Crippen LogP) is 1.64. The third-order valence-corrected chi connectivity index (χ3v) is 4.79. The van der Waals surface area contributed by atoms with Gasteiger partial charge >= 0.3 is 0 Å². The molecule has 0 spiro atoms. The van der Waals surface area contributed by atoms with E-state index in [1.165, 1.54) is 0 Å². The van der Waals surface area contributed by atoms with Crippen LogP contribution in [-0.2, 0) is 16.1 Å². The van der Waals surface area contributed by atoms with Crippen LogP contribution in [0.25, 0.3) is 0 Å². The second kappa shape index (κ2) is 8.62. The van der Waals surface area contributed by atoms with Crippen LogP contribution < -0.4 is 10.6 Å². The summed E-state index contributed by atoms with van der Waals surface area (Å²) >= 11 is 0. The molecule has 0 unspecified atom stereocenters. The van der Waals surface area contributed by atoms with Gasteiger partial charge in [-0.05, 0) is 43.5 Å². The van der Waals surface area contributed by atoms with Gasteiger partial charge in [0, 0.05) is 25.4 Å². The summed E-state index contributed by atoms with van der Waals surface area (Å²) in [6, 6.07) is 9.03. The highest BCUT2D eigenvalue weighted by Crippen LogP contribution is 2.27. The Morgan fingerprint density at radius 3 is 2.85 bits per heavy atom. The Morgan fingerprint density at radius 1 is 1.27 bits per heavy atom. The number of ether oxygens (including phenoxy) is 1. The maximum absolute atomic E-state index is 12.5. The largest absolute Gasteiger partial charge is 0.379 e. The van der Waals surface area contributed by atoms with Gasteiger partial charge < -0.3 is 20.4 Å². The minimum atomic E-state index is -0.187. The molecule has 2 amide bonds. The zero-order valence-corrected chi connectivity index (χ0v) is 14.8. The van der Waals surface area contributed by atoms with E-state index in [-0.39, 0.29) is 29.9 Å². The Labute approximate surface area is 152 Å². The van der Waals surface area contributed by atoms with Gasteiger partial charge in [0.1, 0.15) is 5.69 Å². The number of pyridine rings is 1. The average molecular weight is 356 g/mol. The molecule has 1 fully saturated rings. The number of nitrogens with zero attached hydrogens (tertiary/aromatic N) is 1. The summed E-state index contributed by atoms with van der Waals surface area (Å²) in [7, 11) is 1.62. The highest BCUT2D eigenvalue weighted by molar-refractivity contribution is 5.92. The second-order valence-electron chi connectivity index (χ2n) is 6.49. The summed E-state index contributed by atoms with van der Waals surface area (Å²) in [4.78, 5) is 31.8. The maximum atomic E-state index is 12.5. The molecule has 3 rings (SSSR count). The number of H-pyrrole nitrogens is 1. The molecule has 3 N–H and O–H groups in total. The highest BCUT2D eigenvalue weighted by atomic mass is 16.5. The molecule has 1 aliphatic carbocycles. The van der Waals surface area contributed by atoms with E-state index in [2.05, 4.69) is 20.6 Å². The Morgan fingerprint density at radius 2 is 2.15 bits per heavy atom. The van der Waals surface area contributed by atoms with E-state index in [9.17, 15) is 9.59 Å². The second-order valence-corrected chi connectivity index (χ2v) is 6.49. The lowest BCUT2D eigenvalue weighted by Gasteiger charge is -2.35. The first-order chi connectivity index (χ1) is 12.7.